The Labute approximate surface area is 77.5 Å². The molecular formula is C8H11F2NOS. The van der Waals surface area contributed by atoms with Crippen molar-refractivity contribution in [2.75, 3.05) is 0 Å². The van der Waals surface area contributed by atoms with Crippen molar-refractivity contribution in [2.45, 2.75) is 37.6 Å². The van der Waals surface area contributed by atoms with Crippen LogP contribution < -0.4 is 0 Å². The smallest absolute Gasteiger partial charge is 0.180 e. The van der Waals surface area contributed by atoms with Gasteiger partial charge in [-0.1, -0.05) is 33.0 Å². The predicted octanol–water partition coefficient (Wildman–Crippen LogP) is 2.56. The Morgan fingerprint density at radius 1 is 1.31 bits per heavy atom. The Balaban J connectivity index is 2.95. The van der Waals surface area contributed by atoms with Crippen molar-refractivity contribution in [3.8, 4) is 12.3 Å². The predicted molar refractivity (Wildman–Crippen MR) is 47.4 cm³/mol. The zero-order chi connectivity index (χ0) is 9.95. The fourth-order valence-electron chi connectivity index (χ4n) is 1.60. The average molecular weight is 207 g/mol. The van der Waals surface area contributed by atoms with E-state index in [0.29, 0.717) is 12.8 Å². The van der Waals surface area contributed by atoms with E-state index in [-0.39, 0.29) is 0 Å². The van der Waals surface area contributed by atoms with E-state index in [1.54, 1.807) is 0 Å². The lowest BCUT2D eigenvalue weighted by atomic mass is 9.83. The number of nitrogens with zero attached hydrogens (tertiary/aromatic N) is 1. The number of halogens is 2. The summed E-state index contributed by atoms with van der Waals surface area (Å²) in [6.07, 6.45) is 8.54. The quantitative estimate of drug-likeness (QED) is 0.480. The van der Waals surface area contributed by atoms with Crippen LogP contribution in [-0.4, -0.2) is 9.75 Å². The van der Waals surface area contributed by atoms with Crippen LogP contribution in [0.1, 0.15) is 32.1 Å². The lowest BCUT2D eigenvalue weighted by Crippen LogP contribution is -2.27. The molecule has 0 spiro atoms. The van der Waals surface area contributed by atoms with E-state index in [1.165, 1.54) is 0 Å². The summed E-state index contributed by atoms with van der Waals surface area (Å²) in [6, 6.07) is 0. The maximum Gasteiger partial charge on any atom is 0.368 e. The van der Waals surface area contributed by atoms with Crippen molar-refractivity contribution >= 4 is 10.5 Å². The minimum absolute atomic E-state index is 0.425. The molecule has 0 bridgehead atoms. The molecule has 0 aromatic heterocycles. The molecule has 1 aliphatic carbocycles. The van der Waals surface area contributed by atoms with Gasteiger partial charge in [-0.25, -0.2) is 0 Å². The fourth-order valence-corrected chi connectivity index (χ4v) is 2.24. The van der Waals surface area contributed by atoms with Crippen LogP contribution in [0.5, 0.6) is 0 Å². The van der Waals surface area contributed by atoms with Crippen molar-refractivity contribution in [1.82, 2.24) is 0 Å². The Bertz CT molecular complexity index is 325. The second-order valence-corrected chi connectivity index (χ2v) is 4.20. The third-order valence-corrected chi connectivity index (χ3v) is 2.79. The number of hydrogen-bond acceptors (Lipinski definition) is 2. The van der Waals surface area contributed by atoms with Gasteiger partial charge in [0.25, 0.3) is 0 Å². The molecule has 0 aromatic rings. The van der Waals surface area contributed by atoms with E-state index in [1.807, 2.05) is 0 Å². The SMILES string of the molecule is C#CC1(N=S(=O)(F)F)CCCCC1. The van der Waals surface area contributed by atoms with Crippen LogP contribution in [0.3, 0.4) is 0 Å². The molecule has 1 rings (SSSR count). The highest BCUT2D eigenvalue weighted by Gasteiger charge is 2.31. The van der Waals surface area contributed by atoms with Gasteiger partial charge < -0.3 is 0 Å². The van der Waals surface area contributed by atoms with Gasteiger partial charge in [0.2, 0.25) is 0 Å². The summed E-state index contributed by atoms with van der Waals surface area (Å²) in [7, 11) is -5.06. The monoisotopic (exact) mass is 207 g/mol. The molecule has 0 aromatic carbocycles. The van der Waals surface area contributed by atoms with Gasteiger partial charge in [0.05, 0.1) is 0 Å². The summed E-state index contributed by atoms with van der Waals surface area (Å²) in [4.78, 5) is 0. The summed E-state index contributed by atoms with van der Waals surface area (Å²) < 4.78 is 37.6. The first-order chi connectivity index (χ1) is 5.97. The van der Waals surface area contributed by atoms with Crippen molar-refractivity contribution < 1.29 is 12.0 Å². The second-order valence-electron chi connectivity index (χ2n) is 3.22. The molecular weight excluding hydrogens is 196 g/mol. The highest BCUT2D eigenvalue weighted by molar-refractivity contribution is 7.83. The maximum atomic E-state index is 12.2. The first-order valence-corrected chi connectivity index (χ1v) is 5.44. The van der Waals surface area contributed by atoms with E-state index < -0.39 is 16.0 Å². The third kappa shape index (κ3) is 2.96. The van der Waals surface area contributed by atoms with E-state index in [4.69, 9.17) is 6.42 Å². The molecule has 0 unspecified atom stereocenters. The second kappa shape index (κ2) is 3.62. The molecule has 0 atom stereocenters. The van der Waals surface area contributed by atoms with E-state index in [2.05, 4.69) is 10.3 Å². The summed E-state index contributed by atoms with van der Waals surface area (Å²) >= 11 is 0. The zero-order valence-electron chi connectivity index (χ0n) is 7.13. The molecule has 13 heavy (non-hydrogen) atoms. The molecule has 0 radical (unpaired) electrons. The average Bonchev–Trinajstić information content (AvgIpc) is 2.03. The summed E-state index contributed by atoms with van der Waals surface area (Å²) in [5.74, 6) is 2.25. The van der Waals surface area contributed by atoms with Gasteiger partial charge in [0, 0.05) is 0 Å². The highest BCUT2D eigenvalue weighted by atomic mass is 32.3. The van der Waals surface area contributed by atoms with Gasteiger partial charge >= 0.3 is 10.5 Å². The van der Waals surface area contributed by atoms with Crippen LogP contribution in [0.2, 0.25) is 0 Å². The first kappa shape index (κ1) is 10.5. The van der Waals surface area contributed by atoms with Crippen molar-refractivity contribution in [2.24, 2.45) is 4.36 Å². The minimum atomic E-state index is -5.06. The lowest BCUT2D eigenvalue weighted by molar-refractivity contribution is 0.371. The molecule has 0 N–H and O–H groups in total. The van der Waals surface area contributed by atoms with Crippen LogP contribution in [0.15, 0.2) is 4.36 Å². The van der Waals surface area contributed by atoms with Crippen molar-refractivity contribution in [1.29, 1.82) is 0 Å². The Hall–Kier alpha value is -0.630. The van der Waals surface area contributed by atoms with Crippen LogP contribution in [0.25, 0.3) is 0 Å². The number of hydrogen-bond donors (Lipinski definition) is 0. The molecule has 1 aliphatic rings. The van der Waals surface area contributed by atoms with Crippen LogP contribution >= 0.6 is 0 Å². The van der Waals surface area contributed by atoms with Gasteiger partial charge in [0.1, 0.15) is 5.54 Å². The summed E-state index contributed by atoms with van der Waals surface area (Å²) in [6.45, 7) is 0. The summed E-state index contributed by atoms with van der Waals surface area (Å²) in [5, 5.41) is 0. The number of terminal acetylenes is 1. The van der Waals surface area contributed by atoms with Gasteiger partial charge in [-0.3, -0.25) is 0 Å². The van der Waals surface area contributed by atoms with Crippen LogP contribution in [0, 0.1) is 12.3 Å². The molecule has 0 amide bonds. The van der Waals surface area contributed by atoms with Gasteiger partial charge in [-0.05, 0) is 12.8 Å². The number of rotatable bonds is 1. The van der Waals surface area contributed by atoms with Crippen molar-refractivity contribution in [3.63, 3.8) is 0 Å². The standard InChI is InChI=1S/C8H11F2NOS/c1-2-8(11-13(9,10)12)6-4-3-5-7-8/h1H,3-7H2. The first-order valence-electron chi connectivity index (χ1n) is 4.13. The molecule has 0 heterocycles. The molecule has 1 saturated carbocycles. The Kier molecular flexibility index (Phi) is 2.91. The van der Waals surface area contributed by atoms with Crippen LogP contribution in [-0.2, 0) is 10.5 Å². The van der Waals surface area contributed by atoms with Gasteiger partial charge in [-0.15, -0.1) is 6.42 Å². The minimum Gasteiger partial charge on any atom is -0.180 e. The Morgan fingerprint density at radius 2 is 1.85 bits per heavy atom. The van der Waals surface area contributed by atoms with E-state index in [9.17, 15) is 12.0 Å². The Morgan fingerprint density at radius 3 is 2.23 bits per heavy atom. The van der Waals surface area contributed by atoms with Crippen LogP contribution in [0.4, 0.5) is 7.77 Å². The van der Waals surface area contributed by atoms with Gasteiger partial charge in [-0.2, -0.15) is 8.57 Å². The maximum absolute atomic E-state index is 12.2. The lowest BCUT2D eigenvalue weighted by Gasteiger charge is -2.26. The molecule has 5 heteroatoms. The van der Waals surface area contributed by atoms with Crippen molar-refractivity contribution in [3.05, 3.63) is 0 Å². The van der Waals surface area contributed by atoms with E-state index in [0.717, 1.165) is 19.3 Å². The fraction of sp³-hybridized carbons (Fsp3) is 0.750. The summed E-state index contributed by atoms with van der Waals surface area (Å²) in [5.41, 5.74) is -1.17. The zero-order valence-corrected chi connectivity index (χ0v) is 7.95. The molecule has 74 valence electrons. The largest absolute Gasteiger partial charge is 0.368 e. The third-order valence-electron chi connectivity index (χ3n) is 2.23. The van der Waals surface area contributed by atoms with E-state index >= 15 is 0 Å². The molecule has 0 aliphatic heterocycles. The topological polar surface area (TPSA) is 29.4 Å². The highest BCUT2D eigenvalue weighted by Crippen LogP contribution is 2.32. The molecule has 1 fully saturated rings. The molecule has 2 nitrogen and oxygen atoms in total. The normalized spacial score (nSPS) is 21.9. The van der Waals surface area contributed by atoms with Gasteiger partial charge in [0.15, 0.2) is 0 Å². The molecule has 0 saturated heterocycles.